The topological polar surface area (TPSA) is 33.1 Å². The van der Waals surface area contributed by atoms with Crippen LogP contribution in [0.1, 0.15) is 48.3 Å². The smallest absolute Gasteiger partial charge is 0.0549 e. The summed E-state index contributed by atoms with van der Waals surface area (Å²) >= 11 is 0. The van der Waals surface area contributed by atoms with Gasteiger partial charge in [-0.25, -0.2) is 0 Å². The number of aromatic nitrogens is 1. The van der Waals surface area contributed by atoms with Gasteiger partial charge in [-0.3, -0.25) is 4.98 Å². The van der Waals surface area contributed by atoms with Gasteiger partial charge < -0.3 is 5.11 Å². The SMILES string of the molecule is OC(CCc1cccnc1)CC1CCCc2ccccc21. The number of hydrogen-bond donors (Lipinski definition) is 1. The van der Waals surface area contributed by atoms with Gasteiger partial charge in [0.05, 0.1) is 6.10 Å². The quantitative estimate of drug-likeness (QED) is 0.902. The van der Waals surface area contributed by atoms with E-state index in [2.05, 4.69) is 35.3 Å². The Balaban J connectivity index is 1.57. The van der Waals surface area contributed by atoms with E-state index < -0.39 is 0 Å². The molecule has 0 fully saturated rings. The van der Waals surface area contributed by atoms with E-state index in [4.69, 9.17) is 0 Å². The molecular formula is C19H23NO. The lowest BCUT2D eigenvalue weighted by molar-refractivity contribution is 0.142. The van der Waals surface area contributed by atoms with Crippen LogP contribution in [0.2, 0.25) is 0 Å². The van der Waals surface area contributed by atoms with E-state index in [1.807, 2.05) is 12.3 Å². The van der Waals surface area contributed by atoms with Crippen molar-refractivity contribution < 1.29 is 5.11 Å². The largest absolute Gasteiger partial charge is 0.393 e. The van der Waals surface area contributed by atoms with Gasteiger partial charge in [-0.1, -0.05) is 30.3 Å². The Morgan fingerprint density at radius 3 is 2.95 bits per heavy atom. The van der Waals surface area contributed by atoms with Crippen LogP contribution in [0.4, 0.5) is 0 Å². The van der Waals surface area contributed by atoms with E-state index in [1.165, 1.54) is 36.0 Å². The molecule has 21 heavy (non-hydrogen) atoms. The lowest BCUT2D eigenvalue weighted by Crippen LogP contribution is -2.17. The van der Waals surface area contributed by atoms with Crippen LogP contribution in [0.25, 0.3) is 0 Å². The lowest BCUT2D eigenvalue weighted by atomic mass is 9.79. The van der Waals surface area contributed by atoms with Crippen LogP contribution in [-0.4, -0.2) is 16.2 Å². The first-order valence-corrected chi connectivity index (χ1v) is 7.97. The Bertz CT molecular complexity index is 567. The van der Waals surface area contributed by atoms with Crippen LogP contribution in [0.5, 0.6) is 0 Å². The van der Waals surface area contributed by atoms with Crippen molar-refractivity contribution in [3.63, 3.8) is 0 Å². The summed E-state index contributed by atoms with van der Waals surface area (Å²) < 4.78 is 0. The molecule has 2 atom stereocenters. The fraction of sp³-hybridized carbons (Fsp3) is 0.421. The molecule has 1 aliphatic rings. The molecule has 0 spiro atoms. The standard InChI is InChI=1S/C19H23NO/c21-18(11-10-15-5-4-12-20-14-15)13-17-8-3-7-16-6-1-2-9-19(16)17/h1-2,4-6,9,12,14,17-18,21H,3,7-8,10-11,13H2. The highest BCUT2D eigenvalue weighted by Crippen LogP contribution is 2.35. The van der Waals surface area contributed by atoms with E-state index in [-0.39, 0.29) is 6.10 Å². The molecule has 1 heterocycles. The van der Waals surface area contributed by atoms with Gasteiger partial charge in [-0.05, 0) is 67.2 Å². The molecule has 1 aromatic carbocycles. The van der Waals surface area contributed by atoms with Crippen LogP contribution in [-0.2, 0) is 12.8 Å². The van der Waals surface area contributed by atoms with Crippen LogP contribution in [0, 0.1) is 0 Å². The van der Waals surface area contributed by atoms with Gasteiger partial charge in [0.15, 0.2) is 0 Å². The summed E-state index contributed by atoms with van der Waals surface area (Å²) in [6.07, 6.45) is 9.73. The van der Waals surface area contributed by atoms with Crippen molar-refractivity contribution in [2.75, 3.05) is 0 Å². The Labute approximate surface area is 126 Å². The van der Waals surface area contributed by atoms with Gasteiger partial charge in [-0.15, -0.1) is 0 Å². The van der Waals surface area contributed by atoms with Crippen molar-refractivity contribution in [1.82, 2.24) is 4.98 Å². The third kappa shape index (κ3) is 3.70. The summed E-state index contributed by atoms with van der Waals surface area (Å²) in [6.45, 7) is 0. The Kier molecular flexibility index (Phi) is 4.66. The molecule has 0 amide bonds. The molecule has 3 rings (SSSR count). The van der Waals surface area contributed by atoms with Crippen LogP contribution in [0.3, 0.4) is 0 Å². The van der Waals surface area contributed by atoms with Crippen molar-refractivity contribution in [1.29, 1.82) is 0 Å². The van der Waals surface area contributed by atoms with Crippen LogP contribution in [0.15, 0.2) is 48.8 Å². The highest BCUT2D eigenvalue weighted by molar-refractivity contribution is 5.32. The van der Waals surface area contributed by atoms with Crippen LogP contribution >= 0.6 is 0 Å². The van der Waals surface area contributed by atoms with Crippen LogP contribution < -0.4 is 0 Å². The van der Waals surface area contributed by atoms with E-state index in [0.29, 0.717) is 5.92 Å². The average molecular weight is 281 g/mol. The first-order valence-electron chi connectivity index (χ1n) is 7.97. The Morgan fingerprint density at radius 1 is 1.19 bits per heavy atom. The second-order valence-electron chi connectivity index (χ2n) is 6.08. The lowest BCUT2D eigenvalue weighted by Gasteiger charge is -2.27. The molecule has 2 nitrogen and oxygen atoms in total. The molecule has 110 valence electrons. The van der Waals surface area contributed by atoms with Gasteiger partial charge in [0.2, 0.25) is 0 Å². The number of aryl methyl sites for hydroxylation is 2. The van der Waals surface area contributed by atoms with Gasteiger partial charge in [0.25, 0.3) is 0 Å². The first-order chi connectivity index (χ1) is 10.3. The minimum atomic E-state index is -0.221. The van der Waals surface area contributed by atoms with E-state index >= 15 is 0 Å². The number of aliphatic hydroxyl groups is 1. The van der Waals surface area contributed by atoms with Gasteiger partial charge in [0, 0.05) is 12.4 Å². The summed E-state index contributed by atoms with van der Waals surface area (Å²) in [4.78, 5) is 4.13. The third-order valence-corrected chi connectivity index (χ3v) is 4.54. The van der Waals surface area contributed by atoms with Crippen molar-refractivity contribution in [2.45, 2.75) is 50.5 Å². The Morgan fingerprint density at radius 2 is 2.10 bits per heavy atom. The fourth-order valence-corrected chi connectivity index (χ4v) is 3.42. The molecule has 2 aromatic rings. The number of aliphatic hydroxyl groups excluding tert-OH is 1. The number of benzene rings is 1. The number of pyridine rings is 1. The zero-order valence-electron chi connectivity index (χ0n) is 12.4. The number of fused-ring (bicyclic) bond motifs is 1. The minimum absolute atomic E-state index is 0.221. The molecule has 1 N–H and O–H groups in total. The third-order valence-electron chi connectivity index (χ3n) is 4.54. The second kappa shape index (κ2) is 6.86. The highest BCUT2D eigenvalue weighted by atomic mass is 16.3. The van der Waals surface area contributed by atoms with E-state index in [1.54, 1.807) is 6.20 Å². The minimum Gasteiger partial charge on any atom is -0.393 e. The summed E-state index contributed by atoms with van der Waals surface area (Å²) in [5.74, 6) is 0.527. The van der Waals surface area contributed by atoms with Crippen molar-refractivity contribution >= 4 is 0 Å². The molecule has 0 bridgehead atoms. The molecule has 0 saturated heterocycles. The zero-order chi connectivity index (χ0) is 14.5. The fourth-order valence-electron chi connectivity index (χ4n) is 3.42. The van der Waals surface area contributed by atoms with Crippen molar-refractivity contribution in [3.8, 4) is 0 Å². The van der Waals surface area contributed by atoms with Gasteiger partial charge in [0.1, 0.15) is 0 Å². The molecule has 0 aliphatic heterocycles. The first kappa shape index (κ1) is 14.3. The predicted octanol–water partition coefficient (Wildman–Crippen LogP) is 3.89. The average Bonchev–Trinajstić information content (AvgIpc) is 2.54. The molecule has 1 aromatic heterocycles. The number of rotatable bonds is 5. The summed E-state index contributed by atoms with van der Waals surface area (Å²) in [5, 5.41) is 10.4. The molecule has 0 radical (unpaired) electrons. The van der Waals surface area contributed by atoms with Crippen molar-refractivity contribution in [2.24, 2.45) is 0 Å². The van der Waals surface area contributed by atoms with Gasteiger partial charge >= 0.3 is 0 Å². The monoisotopic (exact) mass is 281 g/mol. The highest BCUT2D eigenvalue weighted by Gasteiger charge is 2.22. The molecule has 2 heteroatoms. The van der Waals surface area contributed by atoms with Gasteiger partial charge in [-0.2, -0.15) is 0 Å². The molecule has 0 saturated carbocycles. The second-order valence-corrected chi connectivity index (χ2v) is 6.08. The summed E-state index contributed by atoms with van der Waals surface area (Å²) in [6, 6.07) is 12.8. The maximum absolute atomic E-state index is 10.4. The summed E-state index contributed by atoms with van der Waals surface area (Å²) in [7, 11) is 0. The zero-order valence-corrected chi connectivity index (χ0v) is 12.4. The maximum atomic E-state index is 10.4. The normalized spacial score (nSPS) is 19.0. The predicted molar refractivity (Wildman–Crippen MR) is 85.3 cm³/mol. The molecular weight excluding hydrogens is 258 g/mol. The molecule has 2 unspecified atom stereocenters. The number of nitrogens with zero attached hydrogens (tertiary/aromatic N) is 1. The van der Waals surface area contributed by atoms with E-state index in [9.17, 15) is 5.11 Å². The van der Waals surface area contributed by atoms with E-state index in [0.717, 1.165) is 19.3 Å². The van der Waals surface area contributed by atoms with Crippen molar-refractivity contribution in [3.05, 3.63) is 65.5 Å². The Hall–Kier alpha value is -1.67. The summed E-state index contributed by atoms with van der Waals surface area (Å²) in [5.41, 5.74) is 4.15. The number of hydrogen-bond acceptors (Lipinski definition) is 2. The molecule has 1 aliphatic carbocycles. The maximum Gasteiger partial charge on any atom is 0.0549 e.